The highest BCUT2D eigenvalue weighted by atomic mass is 35.5. The third-order valence-corrected chi connectivity index (χ3v) is 10.5. The van der Waals surface area contributed by atoms with Crippen molar-refractivity contribution >= 4 is 23.4 Å². The summed E-state index contributed by atoms with van der Waals surface area (Å²) in [7, 11) is 0. The van der Waals surface area contributed by atoms with E-state index in [1.807, 2.05) is 23.1 Å². The highest BCUT2D eigenvalue weighted by Crippen LogP contribution is 2.42. The smallest absolute Gasteiger partial charge is 0.345 e. The molecule has 0 radical (unpaired) electrons. The SMILES string of the molecule is O=C(NC1CCc2ccc(C(=O)N3CCC4(CCN(CC5CCCCC5)CC4)C3)cc21)c1cc(C(F)(F)F)ccc1Cl. The van der Waals surface area contributed by atoms with Gasteiger partial charge in [-0.25, -0.2) is 0 Å². The van der Waals surface area contributed by atoms with Crippen molar-refractivity contribution in [1.29, 1.82) is 0 Å². The quantitative estimate of drug-likeness (QED) is 0.392. The maximum Gasteiger partial charge on any atom is 0.416 e. The lowest BCUT2D eigenvalue weighted by Gasteiger charge is -2.41. The zero-order valence-corrected chi connectivity index (χ0v) is 24.7. The Kier molecular flexibility index (Phi) is 8.31. The van der Waals surface area contributed by atoms with E-state index in [0.29, 0.717) is 12.0 Å². The molecule has 1 spiro atoms. The van der Waals surface area contributed by atoms with Gasteiger partial charge < -0.3 is 15.1 Å². The number of likely N-dealkylation sites (tertiary alicyclic amines) is 2. The molecule has 2 aliphatic heterocycles. The van der Waals surface area contributed by atoms with Crippen LogP contribution in [-0.2, 0) is 12.6 Å². The van der Waals surface area contributed by atoms with Gasteiger partial charge in [0.2, 0.25) is 0 Å². The minimum Gasteiger partial charge on any atom is -0.345 e. The first-order valence-electron chi connectivity index (χ1n) is 15.4. The topological polar surface area (TPSA) is 52.7 Å². The first-order valence-corrected chi connectivity index (χ1v) is 15.8. The fourth-order valence-electron chi connectivity index (χ4n) is 7.64. The van der Waals surface area contributed by atoms with Gasteiger partial charge in [0.05, 0.1) is 22.2 Å². The molecule has 4 aliphatic rings. The average Bonchev–Trinajstić information content (AvgIpc) is 3.58. The van der Waals surface area contributed by atoms with Crippen molar-refractivity contribution in [3.8, 4) is 0 Å². The largest absolute Gasteiger partial charge is 0.416 e. The van der Waals surface area contributed by atoms with Gasteiger partial charge in [0.1, 0.15) is 0 Å². The maximum absolute atomic E-state index is 13.6. The zero-order chi connectivity index (χ0) is 29.5. The van der Waals surface area contributed by atoms with Crippen LogP contribution in [0.5, 0.6) is 0 Å². The first kappa shape index (κ1) is 29.5. The van der Waals surface area contributed by atoms with E-state index in [1.165, 1.54) is 38.6 Å². The molecule has 6 rings (SSSR count). The van der Waals surface area contributed by atoms with E-state index in [-0.39, 0.29) is 21.9 Å². The van der Waals surface area contributed by atoms with Crippen molar-refractivity contribution in [2.45, 2.75) is 76.4 Å². The predicted molar refractivity (Wildman–Crippen MR) is 157 cm³/mol. The highest BCUT2D eigenvalue weighted by molar-refractivity contribution is 6.33. The standard InChI is InChI=1S/C33H39ClF3N3O2/c34-28-10-9-25(33(35,36)37)19-27(28)30(41)38-29-11-8-23-6-7-24(18-26(23)29)31(42)40-17-14-32(21-40)12-15-39(16-13-32)20-22-4-2-1-3-5-22/h6-7,9-10,18-19,22,29H,1-5,8,11-17,20-21H2,(H,38,41). The molecular formula is C33H39ClF3N3O2. The summed E-state index contributed by atoms with van der Waals surface area (Å²) in [6.07, 6.45) is 6.94. The molecule has 3 fully saturated rings. The van der Waals surface area contributed by atoms with E-state index in [1.54, 1.807) is 0 Å². The predicted octanol–water partition coefficient (Wildman–Crippen LogP) is 7.28. The third-order valence-electron chi connectivity index (χ3n) is 10.2. The summed E-state index contributed by atoms with van der Waals surface area (Å²) >= 11 is 6.10. The number of alkyl halides is 3. The van der Waals surface area contributed by atoms with Crippen LogP contribution < -0.4 is 5.32 Å². The molecule has 2 aliphatic carbocycles. The van der Waals surface area contributed by atoms with Gasteiger partial charge in [0, 0.05) is 25.2 Å². The molecule has 2 heterocycles. The third kappa shape index (κ3) is 6.21. The van der Waals surface area contributed by atoms with E-state index in [4.69, 9.17) is 11.6 Å². The Morgan fingerprint density at radius 2 is 1.69 bits per heavy atom. The lowest BCUT2D eigenvalue weighted by Crippen LogP contribution is -2.44. The van der Waals surface area contributed by atoms with Crippen LogP contribution in [0.1, 0.15) is 101 Å². The van der Waals surface area contributed by atoms with Crippen molar-refractivity contribution in [2.75, 3.05) is 32.7 Å². The number of hydrogen-bond acceptors (Lipinski definition) is 3. The molecule has 0 bridgehead atoms. The Hall–Kier alpha value is -2.58. The van der Waals surface area contributed by atoms with E-state index < -0.39 is 23.7 Å². The normalized spacial score (nSPS) is 22.9. The number of carbonyl (C=O) groups excluding carboxylic acids is 2. The number of nitrogens with one attached hydrogen (secondary N) is 1. The Morgan fingerprint density at radius 1 is 0.952 bits per heavy atom. The van der Waals surface area contributed by atoms with Crippen LogP contribution in [-0.4, -0.2) is 54.3 Å². The first-order chi connectivity index (χ1) is 20.1. The Morgan fingerprint density at radius 3 is 2.43 bits per heavy atom. The van der Waals surface area contributed by atoms with Crippen molar-refractivity contribution in [1.82, 2.24) is 15.1 Å². The number of hydrogen-bond donors (Lipinski definition) is 1. The van der Waals surface area contributed by atoms with Crippen molar-refractivity contribution < 1.29 is 22.8 Å². The fourth-order valence-corrected chi connectivity index (χ4v) is 7.84. The number of amides is 2. The Labute approximate surface area is 250 Å². The molecule has 2 aromatic rings. The van der Waals surface area contributed by atoms with Gasteiger partial charge in [-0.05, 0) is 111 Å². The van der Waals surface area contributed by atoms with E-state index in [9.17, 15) is 22.8 Å². The lowest BCUT2D eigenvalue weighted by molar-refractivity contribution is -0.137. The van der Waals surface area contributed by atoms with Gasteiger partial charge >= 0.3 is 6.18 Å². The van der Waals surface area contributed by atoms with Crippen LogP contribution in [0.4, 0.5) is 13.2 Å². The van der Waals surface area contributed by atoms with Crippen LogP contribution in [0.2, 0.25) is 5.02 Å². The summed E-state index contributed by atoms with van der Waals surface area (Å²) in [6, 6.07) is 8.03. The maximum atomic E-state index is 13.6. The Bertz CT molecular complexity index is 1330. The molecule has 5 nitrogen and oxygen atoms in total. The molecule has 2 amide bonds. The summed E-state index contributed by atoms with van der Waals surface area (Å²) in [5.74, 6) is 0.208. The van der Waals surface area contributed by atoms with E-state index in [2.05, 4.69) is 10.2 Å². The molecule has 2 saturated heterocycles. The average molecular weight is 602 g/mol. The summed E-state index contributed by atoms with van der Waals surface area (Å²) in [4.78, 5) is 31.3. The lowest BCUT2D eigenvalue weighted by atomic mass is 9.77. The second-order valence-corrected chi connectivity index (χ2v) is 13.4. The van der Waals surface area contributed by atoms with Gasteiger partial charge in [-0.1, -0.05) is 36.9 Å². The molecular weight excluding hydrogens is 563 g/mol. The number of aryl methyl sites for hydroxylation is 1. The molecule has 226 valence electrons. The second-order valence-electron chi connectivity index (χ2n) is 13.0. The number of carbonyl (C=O) groups is 2. The minimum atomic E-state index is -4.57. The van der Waals surface area contributed by atoms with Gasteiger partial charge in [-0.3, -0.25) is 9.59 Å². The minimum absolute atomic E-state index is 0.0113. The van der Waals surface area contributed by atoms with Crippen LogP contribution in [0.3, 0.4) is 0 Å². The molecule has 1 atom stereocenters. The number of nitrogens with zero attached hydrogens (tertiary/aromatic N) is 2. The molecule has 1 N–H and O–H groups in total. The zero-order valence-electron chi connectivity index (χ0n) is 23.9. The summed E-state index contributed by atoms with van der Waals surface area (Å²) in [5, 5.41) is 2.83. The number of rotatable bonds is 5. The molecule has 42 heavy (non-hydrogen) atoms. The number of benzene rings is 2. The summed E-state index contributed by atoms with van der Waals surface area (Å²) in [5.41, 5.74) is 1.56. The van der Waals surface area contributed by atoms with Crippen molar-refractivity contribution in [2.24, 2.45) is 11.3 Å². The molecule has 9 heteroatoms. The van der Waals surface area contributed by atoms with Crippen LogP contribution >= 0.6 is 11.6 Å². The van der Waals surface area contributed by atoms with Gasteiger partial charge in [-0.2, -0.15) is 13.2 Å². The summed E-state index contributed by atoms with van der Waals surface area (Å²) in [6.45, 7) is 5.01. The Balaban J connectivity index is 1.08. The number of halogens is 4. The number of fused-ring (bicyclic) bond motifs is 1. The molecule has 1 unspecified atom stereocenters. The van der Waals surface area contributed by atoms with Gasteiger partial charge in [0.15, 0.2) is 0 Å². The van der Waals surface area contributed by atoms with Crippen LogP contribution in [0.15, 0.2) is 36.4 Å². The monoisotopic (exact) mass is 601 g/mol. The number of piperidine rings is 1. The summed E-state index contributed by atoms with van der Waals surface area (Å²) < 4.78 is 39.7. The van der Waals surface area contributed by atoms with Crippen molar-refractivity contribution in [3.05, 3.63) is 69.2 Å². The van der Waals surface area contributed by atoms with Crippen LogP contribution in [0.25, 0.3) is 0 Å². The van der Waals surface area contributed by atoms with Crippen molar-refractivity contribution in [3.63, 3.8) is 0 Å². The second kappa shape index (κ2) is 11.8. The van der Waals surface area contributed by atoms with Gasteiger partial charge in [-0.15, -0.1) is 0 Å². The van der Waals surface area contributed by atoms with E-state index >= 15 is 0 Å². The van der Waals surface area contributed by atoms with E-state index in [0.717, 1.165) is 87.1 Å². The van der Waals surface area contributed by atoms with Gasteiger partial charge in [0.25, 0.3) is 11.8 Å². The highest BCUT2D eigenvalue weighted by Gasteiger charge is 2.42. The molecule has 0 aromatic heterocycles. The fraction of sp³-hybridized carbons (Fsp3) is 0.576. The molecule has 1 saturated carbocycles. The van der Waals surface area contributed by atoms with Crippen LogP contribution in [0, 0.1) is 11.3 Å². The molecule has 2 aromatic carbocycles.